The van der Waals surface area contributed by atoms with Gasteiger partial charge >= 0.3 is 0 Å². The van der Waals surface area contributed by atoms with Crippen molar-refractivity contribution in [2.24, 2.45) is 11.7 Å². The summed E-state index contributed by atoms with van der Waals surface area (Å²) in [6.45, 7) is 0.468. The molecule has 1 aromatic rings. The van der Waals surface area contributed by atoms with Crippen LogP contribution in [-0.2, 0) is 10.0 Å². The molecule has 0 radical (unpaired) electrons. The second-order valence-electron chi connectivity index (χ2n) is 5.01. The van der Waals surface area contributed by atoms with Gasteiger partial charge in [-0.15, -0.1) is 0 Å². The van der Waals surface area contributed by atoms with Crippen LogP contribution < -0.4 is 10.5 Å². The van der Waals surface area contributed by atoms with Crippen LogP contribution in [0.2, 0.25) is 5.02 Å². The fourth-order valence-electron chi connectivity index (χ4n) is 2.39. The van der Waals surface area contributed by atoms with Crippen molar-refractivity contribution in [1.29, 1.82) is 0 Å². The Kier molecular flexibility index (Phi) is 5.01. The molecule has 0 spiro atoms. The third-order valence-electron chi connectivity index (χ3n) is 3.54. The SMILES string of the molecule is NC(=S)c1ccc(S(=O)(=O)NCC2CCCC2)c(Cl)c1. The Morgan fingerprint density at radius 3 is 2.60 bits per heavy atom. The largest absolute Gasteiger partial charge is 0.389 e. The first-order chi connectivity index (χ1) is 9.40. The van der Waals surface area contributed by atoms with Crippen molar-refractivity contribution in [3.8, 4) is 0 Å². The molecule has 3 N–H and O–H groups in total. The number of nitrogens with two attached hydrogens (primary N) is 1. The van der Waals surface area contributed by atoms with Gasteiger partial charge in [0.15, 0.2) is 0 Å². The van der Waals surface area contributed by atoms with Crippen LogP contribution in [0.1, 0.15) is 31.2 Å². The molecule has 1 aromatic carbocycles. The highest BCUT2D eigenvalue weighted by atomic mass is 35.5. The van der Waals surface area contributed by atoms with Crippen molar-refractivity contribution in [3.63, 3.8) is 0 Å². The molecule has 1 aliphatic carbocycles. The van der Waals surface area contributed by atoms with Gasteiger partial charge < -0.3 is 5.73 Å². The van der Waals surface area contributed by atoms with Gasteiger partial charge in [-0.3, -0.25) is 0 Å². The minimum Gasteiger partial charge on any atom is -0.389 e. The normalized spacial score (nSPS) is 16.4. The second kappa shape index (κ2) is 6.39. The standard InChI is InChI=1S/C13H17ClN2O2S2/c14-11-7-10(13(15)19)5-6-12(11)20(17,18)16-8-9-3-1-2-4-9/h5-7,9,16H,1-4,8H2,(H2,15,19). The lowest BCUT2D eigenvalue weighted by atomic mass is 10.1. The fourth-order valence-corrected chi connectivity index (χ4v) is 4.18. The van der Waals surface area contributed by atoms with E-state index in [1.807, 2.05) is 0 Å². The number of sulfonamides is 1. The molecule has 0 bridgehead atoms. The molecule has 1 fully saturated rings. The lowest BCUT2D eigenvalue weighted by Crippen LogP contribution is -2.28. The monoisotopic (exact) mass is 332 g/mol. The van der Waals surface area contributed by atoms with E-state index in [2.05, 4.69) is 4.72 Å². The molecule has 0 atom stereocenters. The minimum absolute atomic E-state index is 0.0668. The van der Waals surface area contributed by atoms with E-state index in [0.717, 1.165) is 12.8 Å². The molecule has 0 aromatic heterocycles. The smallest absolute Gasteiger partial charge is 0.242 e. The van der Waals surface area contributed by atoms with Crippen LogP contribution in [0.25, 0.3) is 0 Å². The van der Waals surface area contributed by atoms with E-state index in [-0.39, 0.29) is 14.9 Å². The molecule has 7 heteroatoms. The Hall–Kier alpha value is -0.690. The number of halogens is 1. The average Bonchev–Trinajstić information content (AvgIpc) is 2.89. The Morgan fingerprint density at radius 1 is 1.40 bits per heavy atom. The van der Waals surface area contributed by atoms with Crippen LogP contribution in [0.5, 0.6) is 0 Å². The van der Waals surface area contributed by atoms with E-state index in [1.54, 1.807) is 6.07 Å². The highest BCUT2D eigenvalue weighted by molar-refractivity contribution is 7.89. The summed E-state index contributed by atoms with van der Waals surface area (Å²) in [6, 6.07) is 4.49. The van der Waals surface area contributed by atoms with Gasteiger partial charge in [-0.2, -0.15) is 0 Å². The first-order valence-corrected chi connectivity index (χ1v) is 8.76. The first-order valence-electron chi connectivity index (χ1n) is 6.49. The lowest BCUT2D eigenvalue weighted by Gasteiger charge is -2.12. The highest BCUT2D eigenvalue weighted by Crippen LogP contribution is 2.26. The summed E-state index contributed by atoms with van der Waals surface area (Å²) in [5.41, 5.74) is 6.05. The molecular formula is C13H17ClN2O2S2. The number of rotatable bonds is 5. The molecular weight excluding hydrogens is 316 g/mol. The Bertz CT molecular complexity index is 611. The maximum Gasteiger partial charge on any atom is 0.242 e. The molecule has 0 saturated heterocycles. The van der Waals surface area contributed by atoms with Crippen molar-refractivity contribution in [2.45, 2.75) is 30.6 Å². The lowest BCUT2D eigenvalue weighted by molar-refractivity contribution is 0.519. The van der Waals surface area contributed by atoms with Crippen molar-refractivity contribution in [3.05, 3.63) is 28.8 Å². The predicted molar refractivity (Wildman–Crippen MR) is 84.5 cm³/mol. The van der Waals surface area contributed by atoms with Crippen LogP contribution in [0.4, 0.5) is 0 Å². The van der Waals surface area contributed by atoms with Crippen LogP contribution in [0.15, 0.2) is 23.1 Å². The Balaban J connectivity index is 2.14. The van der Waals surface area contributed by atoms with Gasteiger partial charge in [0.05, 0.1) is 5.02 Å². The molecule has 0 heterocycles. The zero-order valence-electron chi connectivity index (χ0n) is 10.9. The summed E-state index contributed by atoms with van der Waals surface area (Å²) in [4.78, 5) is 0.256. The average molecular weight is 333 g/mol. The van der Waals surface area contributed by atoms with Crippen molar-refractivity contribution < 1.29 is 8.42 Å². The molecule has 20 heavy (non-hydrogen) atoms. The quantitative estimate of drug-likeness (QED) is 0.812. The maximum absolute atomic E-state index is 12.2. The molecule has 0 unspecified atom stereocenters. The first kappa shape index (κ1) is 15.7. The van der Waals surface area contributed by atoms with E-state index in [9.17, 15) is 8.42 Å². The third kappa shape index (κ3) is 3.69. The Morgan fingerprint density at radius 2 is 2.05 bits per heavy atom. The number of nitrogens with one attached hydrogen (secondary N) is 1. The summed E-state index contributed by atoms with van der Waals surface area (Å²) in [6.07, 6.45) is 4.51. The van der Waals surface area contributed by atoms with Gasteiger partial charge in [0, 0.05) is 12.1 Å². The summed E-state index contributed by atoms with van der Waals surface area (Å²) in [5.74, 6) is 0.430. The van der Waals surface area contributed by atoms with Crippen molar-refractivity contribution in [1.82, 2.24) is 4.72 Å². The van der Waals surface area contributed by atoms with E-state index in [1.165, 1.54) is 25.0 Å². The van der Waals surface area contributed by atoms with Crippen molar-refractivity contribution >= 4 is 38.8 Å². The summed E-state index contributed by atoms with van der Waals surface area (Å²) >= 11 is 10.9. The molecule has 110 valence electrons. The van der Waals surface area contributed by atoms with E-state index >= 15 is 0 Å². The van der Waals surface area contributed by atoms with Crippen LogP contribution in [-0.4, -0.2) is 20.0 Å². The van der Waals surface area contributed by atoms with Gasteiger partial charge in [-0.1, -0.05) is 42.7 Å². The zero-order valence-corrected chi connectivity index (χ0v) is 13.3. The summed E-state index contributed by atoms with van der Waals surface area (Å²) in [7, 11) is -3.59. The molecule has 2 rings (SSSR count). The van der Waals surface area contributed by atoms with Gasteiger partial charge in [0.1, 0.15) is 9.88 Å². The minimum atomic E-state index is -3.59. The van der Waals surface area contributed by atoms with Gasteiger partial charge in [-0.05, 0) is 30.9 Å². The predicted octanol–water partition coefficient (Wildman–Crippen LogP) is 2.44. The van der Waals surface area contributed by atoms with Gasteiger partial charge in [0.2, 0.25) is 10.0 Å². The molecule has 1 aliphatic rings. The van der Waals surface area contributed by atoms with E-state index < -0.39 is 10.0 Å². The zero-order chi connectivity index (χ0) is 14.8. The van der Waals surface area contributed by atoms with Gasteiger partial charge in [0.25, 0.3) is 0 Å². The summed E-state index contributed by atoms with van der Waals surface area (Å²) < 4.78 is 27.1. The fraction of sp³-hybridized carbons (Fsp3) is 0.462. The number of hydrogen-bond donors (Lipinski definition) is 2. The maximum atomic E-state index is 12.2. The highest BCUT2D eigenvalue weighted by Gasteiger charge is 2.21. The summed E-state index contributed by atoms with van der Waals surface area (Å²) in [5, 5.41) is 0.134. The molecule has 0 amide bonds. The van der Waals surface area contributed by atoms with Crippen molar-refractivity contribution in [2.75, 3.05) is 6.54 Å². The second-order valence-corrected chi connectivity index (χ2v) is 7.59. The topological polar surface area (TPSA) is 72.2 Å². The number of hydrogen-bond acceptors (Lipinski definition) is 3. The van der Waals surface area contributed by atoms with Crippen LogP contribution >= 0.6 is 23.8 Å². The van der Waals surface area contributed by atoms with Crippen LogP contribution in [0.3, 0.4) is 0 Å². The van der Waals surface area contributed by atoms with E-state index in [0.29, 0.717) is 18.0 Å². The Labute approximate surface area is 129 Å². The molecule has 1 saturated carbocycles. The molecule has 0 aliphatic heterocycles. The third-order valence-corrected chi connectivity index (χ3v) is 5.68. The van der Waals surface area contributed by atoms with Crippen LogP contribution in [0, 0.1) is 5.92 Å². The molecule has 4 nitrogen and oxygen atoms in total. The number of thiocarbonyl (C=S) groups is 1. The number of benzene rings is 1. The van der Waals surface area contributed by atoms with Gasteiger partial charge in [-0.25, -0.2) is 13.1 Å². The van der Waals surface area contributed by atoms with E-state index in [4.69, 9.17) is 29.6 Å².